The monoisotopic (exact) mass is 366 g/mol. The maximum Gasteiger partial charge on any atom is 0.282 e. The van der Waals surface area contributed by atoms with E-state index in [0.717, 1.165) is 34.6 Å². The summed E-state index contributed by atoms with van der Waals surface area (Å²) in [5.41, 5.74) is 3.08. The Morgan fingerprint density at radius 3 is 2.48 bits per heavy atom. The Hall–Kier alpha value is -2.66. The van der Waals surface area contributed by atoms with Gasteiger partial charge in [-0.3, -0.25) is 9.59 Å². The minimum atomic E-state index is 0.0150. The summed E-state index contributed by atoms with van der Waals surface area (Å²) in [6.07, 6.45) is 2.14. The van der Waals surface area contributed by atoms with E-state index < -0.39 is 0 Å². The number of carbonyl (C=O) groups is 2. The number of aryl methyl sites for hydroxylation is 1. The molecule has 142 valence electrons. The fraction of sp³-hybridized carbons (Fsp3) is 0.364. The number of hydrogen-bond acceptors (Lipinski definition) is 2. The van der Waals surface area contributed by atoms with Crippen molar-refractivity contribution in [2.75, 3.05) is 25.0 Å². The van der Waals surface area contributed by atoms with Crippen LogP contribution in [0.1, 0.15) is 24.0 Å². The molecule has 0 saturated heterocycles. The number of carbonyl (C=O) groups excluding carboxylic acids is 2. The van der Waals surface area contributed by atoms with Crippen molar-refractivity contribution in [3.63, 3.8) is 0 Å². The Labute approximate surface area is 161 Å². The van der Waals surface area contributed by atoms with Gasteiger partial charge in [0.1, 0.15) is 0 Å². The van der Waals surface area contributed by atoms with Crippen LogP contribution >= 0.6 is 0 Å². The quantitative estimate of drug-likeness (QED) is 0.740. The molecule has 1 aliphatic rings. The summed E-state index contributed by atoms with van der Waals surface area (Å²) in [5, 5.41) is 2.98. The average molecular weight is 366 g/mol. The van der Waals surface area contributed by atoms with Crippen molar-refractivity contribution in [3.05, 3.63) is 65.7 Å². The number of nitrogens with one attached hydrogen (secondary N) is 2. The van der Waals surface area contributed by atoms with Gasteiger partial charge < -0.3 is 15.1 Å². The lowest BCUT2D eigenvalue weighted by Gasteiger charge is -2.24. The second-order valence-electron chi connectivity index (χ2n) is 7.46. The van der Waals surface area contributed by atoms with Crippen molar-refractivity contribution >= 4 is 17.5 Å². The zero-order valence-electron chi connectivity index (χ0n) is 16.1. The van der Waals surface area contributed by atoms with Crippen LogP contribution in [0.5, 0.6) is 0 Å². The molecule has 0 spiro atoms. The minimum Gasteiger partial charge on any atom is -0.348 e. The number of nitrogens with zero attached hydrogens (tertiary/aromatic N) is 1. The summed E-state index contributed by atoms with van der Waals surface area (Å²) < 4.78 is 0. The molecule has 1 atom stereocenters. The summed E-state index contributed by atoms with van der Waals surface area (Å²) in [5.74, 6) is 0.0362. The molecule has 3 rings (SSSR count). The maximum atomic E-state index is 13.1. The second-order valence-corrected chi connectivity index (χ2v) is 7.46. The lowest BCUT2D eigenvalue weighted by atomic mass is 10.1. The highest BCUT2D eigenvalue weighted by Crippen LogP contribution is 2.19. The van der Waals surface area contributed by atoms with Crippen molar-refractivity contribution in [3.8, 4) is 0 Å². The Kier molecular flexibility index (Phi) is 6.24. The molecule has 5 nitrogen and oxygen atoms in total. The van der Waals surface area contributed by atoms with Gasteiger partial charge in [-0.15, -0.1) is 0 Å². The first-order valence-electron chi connectivity index (χ1n) is 9.53. The zero-order chi connectivity index (χ0) is 19.2. The summed E-state index contributed by atoms with van der Waals surface area (Å²) in [7, 11) is 1.89. The normalized spacial score (nSPS) is 14.4. The molecule has 5 heteroatoms. The highest BCUT2D eigenvalue weighted by Gasteiger charge is 2.26. The first-order chi connectivity index (χ1) is 13.0. The van der Waals surface area contributed by atoms with E-state index in [1.807, 2.05) is 73.5 Å². The van der Waals surface area contributed by atoms with Crippen LogP contribution < -0.4 is 15.1 Å². The number of quaternary nitrogens is 1. The van der Waals surface area contributed by atoms with Gasteiger partial charge in [-0.25, -0.2) is 0 Å². The van der Waals surface area contributed by atoms with Crippen molar-refractivity contribution in [2.45, 2.75) is 32.4 Å². The summed E-state index contributed by atoms with van der Waals surface area (Å²) in [4.78, 5) is 27.8. The van der Waals surface area contributed by atoms with E-state index in [9.17, 15) is 9.59 Å². The number of amides is 2. The summed E-state index contributed by atoms with van der Waals surface area (Å²) in [6, 6.07) is 18.3. The molecule has 2 amide bonds. The standard InChI is InChI=1S/C22H27N3O2/c1-17-7-6-10-20(13-17)25(14-18-8-4-3-5-9-18)22(27)16-24(2)15-21(26)23-19-11-12-19/h3-10,13,19H,11-12,14-16H2,1-2H3,(H,23,26)/p+1. The Morgan fingerprint density at radius 1 is 1.07 bits per heavy atom. The molecule has 0 radical (unpaired) electrons. The molecule has 1 aliphatic carbocycles. The molecule has 2 aromatic rings. The third kappa shape index (κ3) is 5.93. The van der Waals surface area contributed by atoms with E-state index in [4.69, 9.17) is 0 Å². The molecule has 1 saturated carbocycles. The third-order valence-corrected chi connectivity index (χ3v) is 4.66. The number of anilines is 1. The van der Waals surface area contributed by atoms with Gasteiger partial charge in [0.15, 0.2) is 13.1 Å². The van der Waals surface area contributed by atoms with Gasteiger partial charge >= 0.3 is 0 Å². The van der Waals surface area contributed by atoms with Crippen molar-refractivity contribution in [2.24, 2.45) is 0 Å². The van der Waals surface area contributed by atoms with Crippen LogP contribution in [0.25, 0.3) is 0 Å². The zero-order valence-corrected chi connectivity index (χ0v) is 16.1. The van der Waals surface area contributed by atoms with E-state index in [0.29, 0.717) is 19.1 Å². The molecule has 2 N–H and O–H groups in total. The van der Waals surface area contributed by atoms with Gasteiger partial charge in [0.05, 0.1) is 13.6 Å². The molecule has 2 aromatic carbocycles. The van der Waals surface area contributed by atoms with E-state index in [1.54, 1.807) is 0 Å². The maximum absolute atomic E-state index is 13.1. The fourth-order valence-electron chi connectivity index (χ4n) is 3.08. The molecular weight excluding hydrogens is 338 g/mol. The van der Waals surface area contributed by atoms with Crippen molar-refractivity contribution in [1.82, 2.24) is 5.32 Å². The average Bonchev–Trinajstić information content (AvgIpc) is 3.44. The van der Waals surface area contributed by atoms with Gasteiger partial charge in [0.25, 0.3) is 11.8 Å². The smallest absolute Gasteiger partial charge is 0.282 e. The molecule has 0 heterocycles. The fourth-order valence-corrected chi connectivity index (χ4v) is 3.08. The van der Waals surface area contributed by atoms with Gasteiger partial charge in [0, 0.05) is 11.7 Å². The topological polar surface area (TPSA) is 53.9 Å². The molecule has 0 bridgehead atoms. The van der Waals surface area contributed by atoms with Crippen LogP contribution in [-0.2, 0) is 16.1 Å². The van der Waals surface area contributed by atoms with Crippen LogP contribution in [0, 0.1) is 6.92 Å². The number of rotatable bonds is 8. The lowest BCUT2D eigenvalue weighted by molar-refractivity contribution is -0.862. The Morgan fingerprint density at radius 2 is 1.81 bits per heavy atom. The van der Waals surface area contributed by atoms with Crippen LogP contribution in [-0.4, -0.2) is 38.0 Å². The molecule has 0 aromatic heterocycles. The minimum absolute atomic E-state index is 0.0150. The van der Waals surface area contributed by atoms with E-state index in [-0.39, 0.29) is 18.4 Å². The molecule has 0 aliphatic heterocycles. The number of benzene rings is 2. The Balaban J connectivity index is 1.68. The largest absolute Gasteiger partial charge is 0.348 e. The first kappa shape index (κ1) is 19.1. The van der Waals surface area contributed by atoms with Gasteiger partial charge in [-0.2, -0.15) is 0 Å². The van der Waals surface area contributed by atoms with Crippen LogP contribution in [0.15, 0.2) is 54.6 Å². The highest BCUT2D eigenvalue weighted by atomic mass is 16.2. The van der Waals surface area contributed by atoms with E-state index in [2.05, 4.69) is 5.32 Å². The van der Waals surface area contributed by atoms with Gasteiger partial charge in [-0.05, 0) is 43.0 Å². The lowest BCUT2D eigenvalue weighted by Crippen LogP contribution is -3.11. The van der Waals surface area contributed by atoms with Crippen molar-refractivity contribution < 1.29 is 14.5 Å². The molecule has 27 heavy (non-hydrogen) atoms. The van der Waals surface area contributed by atoms with E-state index >= 15 is 0 Å². The summed E-state index contributed by atoms with van der Waals surface area (Å²) >= 11 is 0. The number of hydrogen-bond donors (Lipinski definition) is 2. The van der Waals surface area contributed by atoms with Crippen LogP contribution in [0.4, 0.5) is 5.69 Å². The van der Waals surface area contributed by atoms with Crippen LogP contribution in [0.2, 0.25) is 0 Å². The second kappa shape index (κ2) is 8.82. The molecule has 1 unspecified atom stereocenters. The summed E-state index contributed by atoms with van der Waals surface area (Å²) in [6.45, 7) is 3.13. The predicted octanol–water partition coefficient (Wildman–Crippen LogP) is 1.32. The van der Waals surface area contributed by atoms with Crippen molar-refractivity contribution in [1.29, 1.82) is 0 Å². The van der Waals surface area contributed by atoms with Gasteiger partial charge in [0.2, 0.25) is 0 Å². The SMILES string of the molecule is Cc1cccc(N(Cc2ccccc2)C(=O)C[NH+](C)CC(=O)NC2CC2)c1. The first-order valence-corrected chi connectivity index (χ1v) is 9.53. The molecular formula is C22H28N3O2+. The third-order valence-electron chi connectivity index (χ3n) is 4.66. The van der Waals surface area contributed by atoms with Crippen LogP contribution in [0.3, 0.4) is 0 Å². The predicted molar refractivity (Wildman–Crippen MR) is 107 cm³/mol. The van der Waals surface area contributed by atoms with Gasteiger partial charge in [-0.1, -0.05) is 42.5 Å². The Bertz CT molecular complexity index is 787. The molecule has 1 fully saturated rings. The van der Waals surface area contributed by atoms with E-state index in [1.165, 1.54) is 0 Å². The highest BCUT2D eigenvalue weighted by molar-refractivity contribution is 5.94. The number of likely N-dealkylation sites (N-methyl/N-ethyl adjacent to an activating group) is 1.